The number of anilines is 1. The fourth-order valence-electron chi connectivity index (χ4n) is 2.77. The summed E-state index contributed by atoms with van der Waals surface area (Å²) in [6.07, 6.45) is 3.65. The number of fused-ring (bicyclic) bond motifs is 1. The number of pyridine rings is 1. The lowest BCUT2D eigenvalue weighted by Gasteiger charge is -2.22. The van der Waals surface area contributed by atoms with E-state index in [1.54, 1.807) is 0 Å². The Hall–Kier alpha value is -1.04. The van der Waals surface area contributed by atoms with Crippen molar-refractivity contribution in [1.29, 1.82) is 0 Å². The van der Waals surface area contributed by atoms with E-state index in [1.807, 2.05) is 17.7 Å². The van der Waals surface area contributed by atoms with Gasteiger partial charge < -0.3 is 14.8 Å². The second-order valence-electron chi connectivity index (χ2n) is 5.37. The van der Waals surface area contributed by atoms with Crippen LogP contribution in [0.2, 0.25) is 10.3 Å². The van der Waals surface area contributed by atoms with Crippen LogP contribution in [-0.2, 0) is 7.05 Å². The molecule has 0 bridgehead atoms. The average Bonchev–Trinajstić information content (AvgIpc) is 2.83. The predicted octanol–water partition coefficient (Wildman–Crippen LogP) is 2.86. The molecule has 0 aromatic carbocycles. The normalized spacial score (nSPS) is 17.6. The number of hydrogen-bond acceptors (Lipinski definition) is 4. The molecule has 0 amide bonds. The van der Waals surface area contributed by atoms with Gasteiger partial charge in [-0.25, -0.2) is 9.97 Å². The van der Waals surface area contributed by atoms with Crippen molar-refractivity contribution in [1.82, 2.24) is 19.9 Å². The van der Waals surface area contributed by atoms with E-state index in [9.17, 15) is 0 Å². The Morgan fingerprint density at radius 2 is 1.95 bits per heavy atom. The molecule has 5 nitrogen and oxygen atoms in total. The highest BCUT2D eigenvalue weighted by atomic mass is 35.5. The second kappa shape index (κ2) is 6.38. The first-order valence-corrected chi connectivity index (χ1v) is 8.06. The van der Waals surface area contributed by atoms with Crippen molar-refractivity contribution < 1.29 is 0 Å². The Bertz CT molecular complexity index is 630. The van der Waals surface area contributed by atoms with E-state index >= 15 is 0 Å². The Morgan fingerprint density at radius 3 is 2.81 bits per heavy atom. The van der Waals surface area contributed by atoms with Crippen LogP contribution in [0.25, 0.3) is 11.0 Å². The summed E-state index contributed by atoms with van der Waals surface area (Å²) in [5.74, 6) is 0.930. The van der Waals surface area contributed by atoms with Crippen molar-refractivity contribution in [2.75, 3.05) is 31.1 Å². The molecule has 1 aliphatic rings. The lowest BCUT2D eigenvalue weighted by Crippen LogP contribution is -2.33. The van der Waals surface area contributed by atoms with E-state index in [-0.39, 0.29) is 0 Å². The topological polar surface area (TPSA) is 46.0 Å². The largest absolute Gasteiger partial charge is 0.341 e. The lowest BCUT2D eigenvalue weighted by atomic mass is 10.2. The van der Waals surface area contributed by atoms with Crippen LogP contribution in [0.5, 0.6) is 0 Å². The van der Waals surface area contributed by atoms with Crippen LogP contribution in [0.3, 0.4) is 0 Å². The molecule has 3 heterocycles. The Balaban J connectivity index is 1.98. The number of nitrogens with zero attached hydrogens (tertiary/aromatic N) is 4. The van der Waals surface area contributed by atoms with Crippen LogP contribution >= 0.6 is 23.2 Å². The van der Waals surface area contributed by atoms with E-state index in [0.29, 0.717) is 15.8 Å². The first-order valence-electron chi connectivity index (χ1n) is 7.31. The van der Waals surface area contributed by atoms with E-state index in [1.165, 1.54) is 19.3 Å². The van der Waals surface area contributed by atoms with Crippen LogP contribution in [0.4, 0.5) is 5.95 Å². The molecule has 0 aliphatic carbocycles. The Kier molecular flexibility index (Phi) is 4.52. The van der Waals surface area contributed by atoms with Gasteiger partial charge in [0.1, 0.15) is 10.7 Å². The zero-order valence-electron chi connectivity index (χ0n) is 12.1. The van der Waals surface area contributed by atoms with Gasteiger partial charge in [-0.05, 0) is 19.4 Å². The van der Waals surface area contributed by atoms with E-state index in [0.717, 1.165) is 37.6 Å². The summed E-state index contributed by atoms with van der Waals surface area (Å²) in [6, 6.07) is 1.81. The summed E-state index contributed by atoms with van der Waals surface area (Å²) in [5, 5.41) is 4.22. The van der Waals surface area contributed by atoms with Crippen LogP contribution in [-0.4, -0.2) is 40.7 Å². The molecule has 2 aromatic rings. The zero-order valence-corrected chi connectivity index (χ0v) is 13.6. The second-order valence-corrected chi connectivity index (χ2v) is 6.12. The van der Waals surface area contributed by atoms with Crippen LogP contribution in [0.15, 0.2) is 6.07 Å². The molecule has 2 aromatic heterocycles. The van der Waals surface area contributed by atoms with Crippen LogP contribution in [0, 0.1) is 0 Å². The first-order chi connectivity index (χ1) is 10.2. The molecule has 21 heavy (non-hydrogen) atoms. The number of rotatable bonds is 1. The third kappa shape index (κ3) is 3.10. The van der Waals surface area contributed by atoms with Crippen LogP contribution in [0.1, 0.15) is 19.3 Å². The average molecular weight is 328 g/mol. The van der Waals surface area contributed by atoms with Crippen molar-refractivity contribution in [3.05, 3.63) is 16.4 Å². The quantitative estimate of drug-likeness (QED) is 0.818. The van der Waals surface area contributed by atoms with Gasteiger partial charge in [0.25, 0.3) is 0 Å². The van der Waals surface area contributed by atoms with Gasteiger partial charge in [-0.3, -0.25) is 0 Å². The van der Waals surface area contributed by atoms with Gasteiger partial charge in [0.2, 0.25) is 5.95 Å². The molecule has 114 valence electrons. The van der Waals surface area contributed by atoms with Gasteiger partial charge in [-0.2, -0.15) is 0 Å². The maximum absolute atomic E-state index is 6.17. The molecule has 1 fully saturated rings. The van der Waals surface area contributed by atoms with Gasteiger partial charge >= 0.3 is 0 Å². The third-order valence-electron chi connectivity index (χ3n) is 3.89. The highest BCUT2D eigenvalue weighted by Gasteiger charge is 2.18. The van der Waals surface area contributed by atoms with Crippen molar-refractivity contribution in [2.24, 2.45) is 7.05 Å². The number of aryl methyl sites for hydroxylation is 1. The minimum absolute atomic E-state index is 0.363. The minimum atomic E-state index is 0.363. The number of hydrogen-bond donors (Lipinski definition) is 1. The number of halogens is 2. The van der Waals surface area contributed by atoms with Crippen LogP contribution < -0.4 is 10.2 Å². The van der Waals surface area contributed by atoms with Gasteiger partial charge in [-0.1, -0.05) is 29.6 Å². The standard InChI is InChI=1S/C14H19Cl2N5/c1-20-10-9-11(15)18-13(16)12(10)19-14(20)21-7-4-2-3-5-17-6-8-21/h9,17H,2-8H2,1H3. The summed E-state index contributed by atoms with van der Waals surface area (Å²) < 4.78 is 2.05. The molecular weight excluding hydrogens is 309 g/mol. The fourth-order valence-corrected chi connectivity index (χ4v) is 3.23. The molecule has 0 unspecified atom stereocenters. The Labute approximate surface area is 134 Å². The monoisotopic (exact) mass is 327 g/mol. The molecule has 1 N–H and O–H groups in total. The summed E-state index contributed by atoms with van der Waals surface area (Å²) in [4.78, 5) is 11.1. The Morgan fingerprint density at radius 1 is 1.10 bits per heavy atom. The van der Waals surface area contributed by atoms with Gasteiger partial charge in [0.05, 0.1) is 5.52 Å². The molecule has 3 rings (SSSR count). The number of imidazole rings is 1. The van der Waals surface area contributed by atoms with Gasteiger partial charge in [0.15, 0.2) is 5.15 Å². The summed E-state index contributed by atoms with van der Waals surface area (Å²) in [5.41, 5.74) is 1.63. The molecule has 0 atom stereocenters. The zero-order chi connectivity index (χ0) is 14.8. The van der Waals surface area contributed by atoms with Crippen molar-refractivity contribution in [2.45, 2.75) is 19.3 Å². The highest BCUT2D eigenvalue weighted by molar-refractivity contribution is 6.36. The molecular formula is C14H19Cl2N5. The minimum Gasteiger partial charge on any atom is -0.341 e. The highest BCUT2D eigenvalue weighted by Crippen LogP contribution is 2.28. The van der Waals surface area contributed by atoms with E-state index in [4.69, 9.17) is 23.2 Å². The maximum atomic E-state index is 6.17. The molecule has 0 radical (unpaired) electrons. The smallest absolute Gasteiger partial charge is 0.206 e. The summed E-state index contributed by atoms with van der Waals surface area (Å²) in [7, 11) is 2.00. The number of nitrogens with one attached hydrogen (secondary N) is 1. The molecule has 1 saturated heterocycles. The van der Waals surface area contributed by atoms with Gasteiger partial charge in [0, 0.05) is 32.7 Å². The number of aromatic nitrogens is 3. The van der Waals surface area contributed by atoms with E-state index in [2.05, 4.69) is 20.2 Å². The maximum Gasteiger partial charge on any atom is 0.206 e. The summed E-state index contributed by atoms with van der Waals surface area (Å²) in [6.45, 7) is 4.02. The first kappa shape index (κ1) is 14.9. The van der Waals surface area contributed by atoms with Crippen molar-refractivity contribution in [3.8, 4) is 0 Å². The molecule has 0 spiro atoms. The van der Waals surface area contributed by atoms with E-state index < -0.39 is 0 Å². The van der Waals surface area contributed by atoms with Crippen molar-refractivity contribution in [3.63, 3.8) is 0 Å². The summed E-state index contributed by atoms with van der Waals surface area (Å²) >= 11 is 12.2. The molecule has 1 aliphatic heterocycles. The molecule has 0 saturated carbocycles. The lowest BCUT2D eigenvalue weighted by molar-refractivity contribution is 0.644. The fraction of sp³-hybridized carbons (Fsp3) is 0.571. The molecule has 7 heteroatoms. The van der Waals surface area contributed by atoms with Crippen molar-refractivity contribution >= 4 is 40.2 Å². The van der Waals surface area contributed by atoms with Gasteiger partial charge in [-0.15, -0.1) is 0 Å². The predicted molar refractivity (Wildman–Crippen MR) is 87.5 cm³/mol. The third-order valence-corrected chi connectivity index (χ3v) is 4.35. The SMILES string of the molecule is Cn1c(N2CCCCCNCC2)nc2c(Cl)nc(Cl)cc21.